The van der Waals surface area contributed by atoms with Crippen molar-refractivity contribution >= 4 is 34.8 Å². The Morgan fingerprint density at radius 1 is 1.37 bits per heavy atom. The lowest BCUT2D eigenvalue weighted by Crippen LogP contribution is -2.46. The molecule has 0 bridgehead atoms. The Kier molecular flexibility index (Phi) is 5.05. The summed E-state index contributed by atoms with van der Waals surface area (Å²) < 4.78 is 0. The van der Waals surface area contributed by atoms with Crippen LogP contribution in [0.3, 0.4) is 0 Å². The number of nitrogens with one attached hydrogen (secondary N) is 2. The smallest absolute Gasteiger partial charge is 0.238 e. The number of rotatable bonds is 3. The molecule has 2 rings (SSSR count). The van der Waals surface area contributed by atoms with Crippen molar-refractivity contribution in [1.82, 2.24) is 10.2 Å². The van der Waals surface area contributed by atoms with Crippen LogP contribution >= 0.6 is 23.2 Å². The fraction of sp³-hybridized carbons (Fsp3) is 0.462. The number of halogens is 2. The Morgan fingerprint density at radius 3 is 2.74 bits per heavy atom. The number of nitrogens with zero attached hydrogens (tertiary/aromatic N) is 1. The minimum Gasteiger partial charge on any atom is -0.322 e. The molecule has 0 aromatic heterocycles. The molecule has 104 valence electrons. The highest BCUT2D eigenvalue weighted by atomic mass is 35.5. The van der Waals surface area contributed by atoms with Gasteiger partial charge in [0.1, 0.15) is 0 Å². The summed E-state index contributed by atoms with van der Waals surface area (Å²) >= 11 is 12.2. The van der Waals surface area contributed by atoms with Crippen LogP contribution in [0.15, 0.2) is 12.1 Å². The monoisotopic (exact) mass is 301 g/mol. The Bertz CT molecular complexity index is 473. The molecule has 0 spiro atoms. The van der Waals surface area contributed by atoms with Crippen LogP contribution in [0.25, 0.3) is 0 Å². The van der Waals surface area contributed by atoms with Crippen molar-refractivity contribution in [3.8, 4) is 0 Å². The molecule has 0 radical (unpaired) electrons. The van der Waals surface area contributed by atoms with Crippen LogP contribution in [-0.2, 0) is 4.79 Å². The zero-order valence-electron chi connectivity index (χ0n) is 10.8. The van der Waals surface area contributed by atoms with Crippen LogP contribution < -0.4 is 10.6 Å². The molecule has 0 saturated carbocycles. The van der Waals surface area contributed by atoms with Gasteiger partial charge in [0.05, 0.1) is 22.3 Å². The van der Waals surface area contributed by atoms with Crippen LogP contribution in [0.1, 0.15) is 5.56 Å². The van der Waals surface area contributed by atoms with E-state index in [0.29, 0.717) is 22.3 Å². The number of piperazine rings is 1. The third-order valence-electron chi connectivity index (χ3n) is 3.13. The first-order valence-corrected chi connectivity index (χ1v) is 7.01. The summed E-state index contributed by atoms with van der Waals surface area (Å²) in [7, 11) is 0. The van der Waals surface area contributed by atoms with Crippen molar-refractivity contribution in [2.45, 2.75) is 6.92 Å². The van der Waals surface area contributed by atoms with Gasteiger partial charge in [0.25, 0.3) is 0 Å². The molecule has 1 heterocycles. The van der Waals surface area contributed by atoms with Gasteiger partial charge >= 0.3 is 0 Å². The van der Waals surface area contributed by atoms with Crippen LogP contribution in [0.5, 0.6) is 0 Å². The summed E-state index contributed by atoms with van der Waals surface area (Å²) in [5.74, 6) is -0.0868. The Hall–Kier alpha value is -0.810. The Morgan fingerprint density at radius 2 is 2.05 bits per heavy atom. The van der Waals surface area contributed by atoms with E-state index in [9.17, 15) is 4.79 Å². The van der Waals surface area contributed by atoms with E-state index in [-0.39, 0.29) is 5.91 Å². The zero-order chi connectivity index (χ0) is 13.8. The van der Waals surface area contributed by atoms with Gasteiger partial charge in [-0.1, -0.05) is 29.3 Å². The van der Waals surface area contributed by atoms with Crippen molar-refractivity contribution in [3.05, 3.63) is 27.7 Å². The average molecular weight is 302 g/mol. The first kappa shape index (κ1) is 14.6. The maximum atomic E-state index is 12.0. The van der Waals surface area contributed by atoms with E-state index < -0.39 is 0 Å². The van der Waals surface area contributed by atoms with Gasteiger partial charge in [-0.15, -0.1) is 0 Å². The second-order valence-electron chi connectivity index (χ2n) is 4.63. The largest absolute Gasteiger partial charge is 0.322 e. The zero-order valence-corrected chi connectivity index (χ0v) is 12.3. The summed E-state index contributed by atoms with van der Waals surface area (Å²) in [6.07, 6.45) is 0. The molecule has 0 atom stereocenters. The molecule has 2 N–H and O–H groups in total. The normalized spacial score (nSPS) is 16.4. The number of amides is 1. The topological polar surface area (TPSA) is 44.4 Å². The lowest BCUT2D eigenvalue weighted by Gasteiger charge is -2.26. The number of carbonyl (C=O) groups is 1. The molecule has 1 fully saturated rings. The molecule has 0 unspecified atom stereocenters. The standard InChI is InChI=1S/C13H17Cl2N3O/c1-9-2-3-10(14)13(12(9)15)17-11(19)8-18-6-4-16-5-7-18/h2-3,16H,4-8H2,1H3,(H,17,19). The highest BCUT2D eigenvalue weighted by Gasteiger charge is 2.16. The van der Waals surface area contributed by atoms with Crippen LogP contribution in [0.2, 0.25) is 10.0 Å². The van der Waals surface area contributed by atoms with Crippen LogP contribution in [0.4, 0.5) is 5.69 Å². The fourth-order valence-corrected chi connectivity index (χ4v) is 2.49. The van der Waals surface area contributed by atoms with E-state index >= 15 is 0 Å². The maximum absolute atomic E-state index is 12.0. The number of benzene rings is 1. The van der Waals surface area contributed by atoms with E-state index in [0.717, 1.165) is 31.7 Å². The summed E-state index contributed by atoms with van der Waals surface area (Å²) in [6, 6.07) is 3.57. The summed E-state index contributed by atoms with van der Waals surface area (Å²) in [5, 5.41) is 7.01. The maximum Gasteiger partial charge on any atom is 0.238 e. The third kappa shape index (κ3) is 3.83. The first-order valence-electron chi connectivity index (χ1n) is 6.25. The first-order chi connectivity index (χ1) is 9.08. The molecular formula is C13H17Cl2N3O. The van der Waals surface area contributed by atoms with Crippen molar-refractivity contribution in [2.24, 2.45) is 0 Å². The van der Waals surface area contributed by atoms with Gasteiger partial charge in [-0.05, 0) is 18.6 Å². The molecule has 1 saturated heterocycles. The molecular weight excluding hydrogens is 285 g/mol. The Labute approximate surface area is 123 Å². The predicted molar refractivity (Wildman–Crippen MR) is 79.1 cm³/mol. The number of hydrogen-bond donors (Lipinski definition) is 2. The van der Waals surface area contributed by atoms with Gasteiger partial charge in [-0.2, -0.15) is 0 Å². The van der Waals surface area contributed by atoms with Crippen molar-refractivity contribution < 1.29 is 4.79 Å². The van der Waals surface area contributed by atoms with E-state index in [1.165, 1.54) is 0 Å². The minimum absolute atomic E-state index is 0.0868. The summed E-state index contributed by atoms with van der Waals surface area (Å²) in [5.41, 5.74) is 1.40. The molecule has 1 aliphatic rings. The third-order valence-corrected chi connectivity index (χ3v) is 3.93. The molecule has 0 aliphatic carbocycles. The predicted octanol–water partition coefficient (Wildman–Crippen LogP) is 2.15. The lowest BCUT2D eigenvalue weighted by atomic mass is 10.2. The highest BCUT2D eigenvalue weighted by Crippen LogP contribution is 2.32. The summed E-state index contributed by atoms with van der Waals surface area (Å²) in [6.45, 7) is 5.83. The SMILES string of the molecule is Cc1ccc(Cl)c(NC(=O)CN2CCNCC2)c1Cl. The quantitative estimate of drug-likeness (QED) is 0.899. The molecule has 4 nitrogen and oxygen atoms in total. The lowest BCUT2D eigenvalue weighted by molar-refractivity contribution is -0.117. The van der Waals surface area contributed by atoms with Gasteiger partial charge in [0.2, 0.25) is 5.91 Å². The van der Waals surface area contributed by atoms with E-state index in [1.807, 2.05) is 13.0 Å². The molecule has 6 heteroatoms. The Balaban J connectivity index is 2.00. The van der Waals surface area contributed by atoms with Crippen molar-refractivity contribution in [2.75, 3.05) is 38.0 Å². The number of carbonyl (C=O) groups excluding carboxylic acids is 1. The molecule has 1 aromatic rings. The van der Waals surface area contributed by atoms with Crippen molar-refractivity contribution in [3.63, 3.8) is 0 Å². The number of aryl methyl sites for hydroxylation is 1. The van der Waals surface area contributed by atoms with E-state index in [4.69, 9.17) is 23.2 Å². The van der Waals surface area contributed by atoms with Gasteiger partial charge < -0.3 is 10.6 Å². The van der Waals surface area contributed by atoms with E-state index in [2.05, 4.69) is 15.5 Å². The molecule has 1 aliphatic heterocycles. The average Bonchev–Trinajstić information content (AvgIpc) is 2.40. The van der Waals surface area contributed by atoms with Gasteiger partial charge in [0.15, 0.2) is 0 Å². The second-order valence-corrected chi connectivity index (χ2v) is 5.41. The van der Waals surface area contributed by atoms with Crippen molar-refractivity contribution in [1.29, 1.82) is 0 Å². The molecule has 19 heavy (non-hydrogen) atoms. The van der Waals surface area contributed by atoms with Crippen LogP contribution in [0, 0.1) is 6.92 Å². The van der Waals surface area contributed by atoms with Gasteiger partial charge in [0, 0.05) is 26.2 Å². The fourth-order valence-electron chi connectivity index (χ4n) is 2.02. The second kappa shape index (κ2) is 6.57. The van der Waals surface area contributed by atoms with E-state index in [1.54, 1.807) is 6.07 Å². The molecule has 1 aromatic carbocycles. The van der Waals surface area contributed by atoms with Gasteiger partial charge in [-0.25, -0.2) is 0 Å². The van der Waals surface area contributed by atoms with Crippen LogP contribution in [-0.4, -0.2) is 43.5 Å². The number of anilines is 1. The molecule has 1 amide bonds. The number of hydrogen-bond acceptors (Lipinski definition) is 3. The highest BCUT2D eigenvalue weighted by molar-refractivity contribution is 6.40. The minimum atomic E-state index is -0.0868. The van der Waals surface area contributed by atoms with Gasteiger partial charge in [-0.3, -0.25) is 9.69 Å². The summed E-state index contributed by atoms with van der Waals surface area (Å²) in [4.78, 5) is 14.1.